The van der Waals surface area contributed by atoms with Gasteiger partial charge in [0.1, 0.15) is 10.7 Å². The summed E-state index contributed by atoms with van der Waals surface area (Å²) in [5, 5.41) is 9.20. The van der Waals surface area contributed by atoms with Gasteiger partial charge in [-0.05, 0) is 37.1 Å². The summed E-state index contributed by atoms with van der Waals surface area (Å²) in [5.41, 5.74) is 2.84. The monoisotopic (exact) mass is 304 g/mol. The third-order valence-corrected chi connectivity index (χ3v) is 4.49. The maximum Gasteiger partial charge on any atom is 0.347 e. The van der Waals surface area contributed by atoms with Crippen LogP contribution in [0, 0.1) is 12.7 Å². The van der Waals surface area contributed by atoms with Gasteiger partial charge < -0.3 is 5.11 Å². The molecule has 4 nitrogen and oxygen atoms in total. The Bertz CT molecular complexity index is 851. The largest absolute Gasteiger partial charge is 0.477 e. The Morgan fingerprint density at radius 3 is 2.86 bits per heavy atom. The first kappa shape index (κ1) is 13.8. The minimum absolute atomic E-state index is 0.248. The van der Waals surface area contributed by atoms with E-state index in [0.717, 1.165) is 28.3 Å². The van der Waals surface area contributed by atoms with Crippen LogP contribution in [0.3, 0.4) is 0 Å². The zero-order valence-electron chi connectivity index (χ0n) is 11.6. The number of fused-ring (bicyclic) bond motifs is 1. The maximum absolute atomic E-state index is 13.3. The number of aryl methyl sites for hydroxylation is 2. The van der Waals surface area contributed by atoms with E-state index in [1.165, 1.54) is 6.07 Å². The lowest BCUT2D eigenvalue weighted by atomic mass is 10.1. The molecule has 0 fully saturated rings. The average molecular weight is 304 g/mol. The minimum Gasteiger partial charge on any atom is -0.477 e. The molecule has 0 bridgehead atoms. The summed E-state index contributed by atoms with van der Waals surface area (Å²) < 4.78 is 15.1. The predicted molar refractivity (Wildman–Crippen MR) is 79.5 cm³/mol. The van der Waals surface area contributed by atoms with Crippen LogP contribution in [0.1, 0.15) is 27.9 Å². The van der Waals surface area contributed by atoms with Crippen LogP contribution in [0.15, 0.2) is 24.4 Å². The van der Waals surface area contributed by atoms with E-state index in [4.69, 9.17) is 0 Å². The van der Waals surface area contributed by atoms with Crippen molar-refractivity contribution in [1.82, 2.24) is 9.38 Å². The molecular formula is C15H13FN2O2S. The number of nitrogens with zero attached hydrogens (tertiary/aromatic N) is 2. The van der Waals surface area contributed by atoms with Gasteiger partial charge in [-0.1, -0.05) is 18.3 Å². The molecule has 0 atom stereocenters. The predicted octanol–water partition coefficient (Wildman–Crippen LogP) is 3.77. The van der Waals surface area contributed by atoms with Gasteiger partial charge in [-0.3, -0.25) is 4.40 Å². The summed E-state index contributed by atoms with van der Waals surface area (Å²) in [7, 11) is 0. The highest BCUT2D eigenvalue weighted by Crippen LogP contribution is 2.28. The van der Waals surface area contributed by atoms with Crippen LogP contribution in [0.25, 0.3) is 16.2 Å². The van der Waals surface area contributed by atoms with E-state index in [-0.39, 0.29) is 5.82 Å². The molecule has 21 heavy (non-hydrogen) atoms. The van der Waals surface area contributed by atoms with Crippen LogP contribution >= 0.6 is 11.3 Å². The summed E-state index contributed by atoms with van der Waals surface area (Å²) in [4.78, 5) is 16.6. The smallest absolute Gasteiger partial charge is 0.347 e. The van der Waals surface area contributed by atoms with Gasteiger partial charge >= 0.3 is 5.97 Å². The number of thiazole rings is 1. The molecule has 1 aromatic carbocycles. The highest BCUT2D eigenvalue weighted by Gasteiger charge is 2.19. The molecule has 6 heteroatoms. The summed E-state index contributed by atoms with van der Waals surface area (Å²) in [6.45, 7) is 3.62. The van der Waals surface area contributed by atoms with Gasteiger partial charge in [0, 0.05) is 17.5 Å². The number of hydrogen-bond donors (Lipinski definition) is 1. The number of aromatic nitrogens is 2. The molecule has 0 radical (unpaired) electrons. The normalized spacial score (nSPS) is 11.2. The van der Waals surface area contributed by atoms with Crippen LogP contribution in [-0.2, 0) is 6.42 Å². The molecule has 0 unspecified atom stereocenters. The number of carbonyl (C=O) groups is 1. The lowest BCUT2D eigenvalue weighted by Crippen LogP contribution is -1.99. The lowest BCUT2D eigenvalue weighted by molar-refractivity contribution is 0.0700. The fourth-order valence-corrected chi connectivity index (χ4v) is 3.36. The first-order valence-corrected chi connectivity index (χ1v) is 7.33. The third kappa shape index (κ3) is 2.21. The number of hydrogen-bond acceptors (Lipinski definition) is 3. The van der Waals surface area contributed by atoms with E-state index in [9.17, 15) is 14.3 Å². The van der Waals surface area contributed by atoms with Gasteiger partial charge in [-0.25, -0.2) is 14.2 Å². The maximum atomic E-state index is 13.3. The number of aromatic carboxylic acids is 1. The molecule has 0 spiro atoms. The molecule has 0 saturated carbocycles. The molecule has 2 heterocycles. The van der Waals surface area contributed by atoms with Crippen molar-refractivity contribution in [3.8, 4) is 11.3 Å². The number of halogens is 1. The minimum atomic E-state index is -0.929. The van der Waals surface area contributed by atoms with Crippen molar-refractivity contribution >= 4 is 22.3 Å². The summed E-state index contributed by atoms with van der Waals surface area (Å²) in [5.74, 6) is -1.18. The average Bonchev–Trinajstić information content (AvgIpc) is 2.98. The molecule has 3 aromatic rings. The molecule has 0 aliphatic carbocycles. The number of imidazole rings is 1. The van der Waals surface area contributed by atoms with Gasteiger partial charge in [-0.2, -0.15) is 0 Å². The van der Waals surface area contributed by atoms with E-state index in [1.807, 2.05) is 17.5 Å². The van der Waals surface area contributed by atoms with Crippen LogP contribution in [0.5, 0.6) is 0 Å². The van der Waals surface area contributed by atoms with Gasteiger partial charge in [0.15, 0.2) is 4.96 Å². The number of carboxylic acids is 1. The zero-order chi connectivity index (χ0) is 15.1. The first-order valence-electron chi connectivity index (χ1n) is 6.51. The van der Waals surface area contributed by atoms with Crippen molar-refractivity contribution in [1.29, 1.82) is 0 Å². The summed E-state index contributed by atoms with van der Waals surface area (Å²) in [6, 6.07) is 4.84. The van der Waals surface area contributed by atoms with Gasteiger partial charge in [0.2, 0.25) is 0 Å². The third-order valence-electron chi connectivity index (χ3n) is 3.40. The zero-order valence-corrected chi connectivity index (χ0v) is 12.4. The van der Waals surface area contributed by atoms with Crippen LogP contribution in [-0.4, -0.2) is 20.5 Å². The second-order valence-electron chi connectivity index (χ2n) is 4.78. The fourth-order valence-electron chi connectivity index (χ4n) is 2.33. The van der Waals surface area contributed by atoms with E-state index in [0.29, 0.717) is 21.8 Å². The highest BCUT2D eigenvalue weighted by molar-refractivity contribution is 7.19. The lowest BCUT2D eigenvalue weighted by Gasteiger charge is -2.00. The van der Waals surface area contributed by atoms with Crippen molar-refractivity contribution in [2.45, 2.75) is 20.3 Å². The van der Waals surface area contributed by atoms with E-state index < -0.39 is 5.97 Å². The molecule has 0 aliphatic heterocycles. The van der Waals surface area contributed by atoms with Gasteiger partial charge in [0.05, 0.1) is 5.69 Å². The molecule has 0 aliphatic rings. The number of carboxylic acid groups (broad SMARTS) is 1. The van der Waals surface area contributed by atoms with E-state index >= 15 is 0 Å². The van der Waals surface area contributed by atoms with Crippen molar-refractivity contribution in [3.63, 3.8) is 0 Å². The Hall–Kier alpha value is -2.21. The molecule has 0 saturated heterocycles. The Morgan fingerprint density at radius 1 is 1.48 bits per heavy atom. The molecule has 0 amide bonds. The fraction of sp³-hybridized carbons (Fsp3) is 0.200. The standard InChI is InChI=1S/C15H13FN2O2S/c1-3-12-13(14(19)20)21-15-17-11(7-18(12)15)9-4-5-10(16)8(2)6-9/h4-7H,3H2,1-2H3,(H,19,20). The molecule has 3 rings (SSSR count). The molecule has 1 N–H and O–H groups in total. The molecular weight excluding hydrogens is 291 g/mol. The summed E-state index contributed by atoms with van der Waals surface area (Å²) >= 11 is 1.16. The van der Waals surface area contributed by atoms with Crippen molar-refractivity contribution < 1.29 is 14.3 Å². The molecule has 2 aromatic heterocycles. The highest BCUT2D eigenvalue weighted by atomic mass is 32.1. The van der Waals surface area contributed by atoms with Gasteiger partial charge in [-0.15, -0.1) is 0 Å². The number of rotatable bonds is 3. The quantitative estimate of drug-likeness (QED) is 0.801. The van der Waals surface area contributed by atoms with Crippen LogP contribution in [0.4, 0.5) is 4.39 Å². The van der Waals surface area contributed by atoms with Crippen LogP contribution < -0.4 is 0 Å². The summed E-state index contributed by atoms with van der Waals surface area (Å²) in [6.07, 6.45) is 2.42. The first-order chi connectivity index (χ1) is 10.0. The Morgan fingerprint density at radius 2 is 2.24 bits per heavy atom. The van der Waals surface area contributed by atoms with E-state index in [2.05, 4.69) is 4.98 Å². The van der Waals surface area contributed by atoms with Crippen molar-refractivity contribution in [2.24, 2.45) is 0 Å². The van der Waals surface area contributed by atoms with Gasteiger partial charge in [0.25, 0.3) is 0 Å². The van der Waals surface area contributed by atoms with Crippen molar-refractivity contribution in [2.75, 3.05) is 0 Å². The Labute approximate surface area is 124 Å². The molecule has 108 valence electrons. The van der Waals surface area contributed by atoms with E-state index in [1.54, 1.807) is 19.1 Å². The second kappa shape index (κ2) is 4.96. The topological polar surface area (TPSA) is 54.6 Å². The number of benzene rings is 1. The Kier molecular flexibility index (Phi) is 3.25. The second-order valence-corrected chi connectivity index (χ2v) is 5.76. The SMILES string of the molecule is CCc1c(C(=O)O)sc2nc(-c3ccc(F)c(C)c3)cn12. The van der Waals surface area contributed by atoms with Crippen molar-refractivity contribution in [3.05, 3.63) is 46.3 Å². The van der Waals surface area contributed by atoms with Crippen LogP contribution in [0.2, 0.25) is 0 Å². The Balaban J connectivity index is 2.15.